The molecule has 16 heavy (non-hydrogen) atoms. The molecule has 2 aromatic rings. The van der Waals surface area contributed by atoms with E-state index in [1.807, 2.05) is 24.3 Å². The molecule has 2 nitrogen and oxygen atoms in total. The standard InChI is InChI=1S/C13H11ClO2/c1-16-13-7-6-10(12(15)8-14)9-4-2-3-5-11(9)13/h2-7H,8H2,1H3. The Bertz CT molecular complexity index is 534. The van der Waals surface area contributed by atoms with Gasteiger partial charge in [-0.1, -0.05) is 24.3 Å². The molecule has 0 aliphatic heterocycles. The highest BCUT2D eigenvalue weighted by molar-refractivity contribution is 6.32. The molecule has 2 rings (SSSR count). The van der Waals surface area contributed by atoms with Crippen molar-refractivity contribution in [3.63, 3.8) is 0 Å². The van der Waals surface area contributed by atoms with Crippen molar-refractivity contribution < 1.29 is 9.53 Å². The molecule has 0 spiro atoms. The molecule has 0 heterocycles. The highest BCUT2D eigenvalue weighted by atomic mass is 35.5. The number of carbonyl (C=O) groups is 1. The van der Waals surface area contributed by atoms with Gasteiger partial charge in [-0.3, -0.25) is 4.79 Å². The zero-order chi connectivity index (χ0) is 11.5. The molecule has 0 saturated carbocycles. The number of halogens is 1. The lowest BCUT2D eigenvalue weighted by molar-refractivity contribution is 0.102. The number of methoxy groups -OCH3 is 1. The van der Waals surface area contributed by atoms with E-state index in [-0.39, 0.29) is 11.7 Å². The summed E-state index contributed by atoms with van der Waals surface area (Å²) in [4.78, 5) is 11.7. The number of fused-ring (bicyclic) bond motifs is 1. The van der Waals surface area contributed by atoms with Crippen LogP contribution >= 0.6 is 11.6 Å². The molecule has 0 unspecified atom stereocenters. The Labute approximate surface area is 98.8 Å². The van der Waals surface area contributed by atoms with Crippen LogP contribution in [0.1, 0.15) is 10.4 Å². The van der Waals surface area contributed by atoms with E-state index >= 15 is 0 Å². The number of ketones is 1. The number of hydrogen-bond donors (Lipinski definition) is 0. The zero-order valence-electron chi connectivity index (χ0n) is 8.87. The van der Waals surface area contributed by atoms with Crippen molar-refractivity contribution in [3.05, 3.63) is 42.0 Å². The Hall–Kier alpha value is -1.54. The van der Waals surface area contributed by atoms with Crippen LogP contribution in [0.3, 0.4) is 0 Å². The summed E-state index contributed by atoms with van der Waals surface area (Å²) in [7, 11) is 1.62. The van der Waals surface area contributed by atoms with Gasteiger partial charge in [0.25, 0.3) is 0 Å². The molecular formula is C13H11ClO2. The normalized spacial score (nSPS) is 10.4. The average Bonchev–Trinajstić information content (AvgIpc) is 2.36. The molecule has 0 fully saturated rings. The van der Waals surface area contributed by atoms with Crippen LogP contribution in [0.5, 0.6) is 5.75 Å². The van der Waals surface area contributed by atoms with E-state index in [2.05, 4.69) is 0 Å². The van der Waals surface area contributed by atoms with Crippen molar-refractivity contribution in [2.45, 2.75) is 0 Å². The lowest BCUT2D eigenvalue weighted by Gasteiger charge is -2.08. The van der Waals surface area contributed by atoms with E-state index in [1.54, 1.807) is 19.2 Å². The number of Topliss-reactive ketones (excluding diaryl/α,β-unsaturated/α-hetero) is 1. The first kappa shape index (κ1) is 11.0. The number of carbonyl (C=O) groups excluding carboxylic acids is 1. The summed E-state index contributed by atoms with van der Waals surface area (Å²) < 4.78 is 5.25. The fourth-order valence-corrected chi connectivity index (χ4v) is 1.91. The van der Waals surface area contributed by atoms with Gasteiger partial charge in [-0.2, -0.15) is 0 Å². The van der Waals surface area contributed by atoms with E-state index in [1.165, 1.54) is 0 Å². The van der Waals surface area contributed by atoms with Crippen LogP contribution in [-0.2, 0) is 0 Å². The van der Waals surface area contributed by atoms with Crippen molar-refractivity contribution in [2.75, 3.05) is 13.0 Å². The predicted octanol–water partition coefficient (Wildman–Crippen LogP) is 3.27. The van der Waals surface area contributed by atoms with Gasteiger partial charge >= 0.3 is 0 Å². The molecule has 0 aromatic heterocycles. The fourth-order valence-electron chi connectivity index (χ4n) is 1.76. The number of hydrogen-bond acceptors (Lipinski definition) is 2. The van der Waals surface area contributed by atoms with Crippen LogP contribution in [0.25, 0.3) is 10.8 Å². The molecule has 0 aliphatic carbocycles. The van der Waals surface area contributed by atoms with Gasteiger partial charge < -0.3 is 4.74 Å². The Morgan fingerprint density at radius 3 is 2.50 bits per heavy atom. The second kappa shape index (κ2) is 4.54. The quantitative estimate of drug-likeness (QED) is 0.602. The van der Waals surface area contributed by atoms with E-state index in [0.717, 1.165) is 16.5 Å². The second-order valence-electron chi connectivity index (χ2n) is 3.42. The third-order valence-corrected chi connectivity index (χ3v) is 2.77. The van der Waals surface area contributed by atoms with Crippen LogP contribution < -0.4 is 4.74 Å². The maximum Gasteiger partial charge on any atom is 0.178 e. The van der Waals surface area contributed by atoms with Gasteiger partial charge in [0, 0.05) is 10.9 Å². The summed E-state index contributed by atoms with van der Waals surface area (Å²) in [6.45, 7) is 0. The van der Waals surface area contributed by atoms with Crippen LogP contribution in [0.4, 0.5) is 0 Å². The minimum absolute atomic E-state index is 0.00365. The maximum atomic E-state index is 11.7. The van der Waals surface area contributed by atoms with Gasteiger partial charge in [0.15, 0.2) is 5.78 Å². The molecule has 82 valence electrons. The molecule has 0 aliphatic rings. The first-order valence-electron chi connectivity index (χ1n) is 4.93. The van der Waals surface area contributed by atoms with E-state index in [4.69, 9.17) is 16.3 Å². The molecule has 0 N–H and O–H groups in total. The first-order valence-corrected chi connectivity index (χ1v) is 5.46. The summed E-state index contributed by atoms with van der Waals surface area (Å²) >= 11 is 5.58. The molecule has 3 heteroatoms. The first-order chi connectivity index (χ1) is 7.77. The van der Waals surface area contributed by atoms with E-state index in [9.17, 15) is 4.79 Å². The van der Waals surface area contributed by atoms with Crippen LogP contribution in [-0.4, -0.2) is 18.8 Å². The molecule has 2 aromatic carbocycles. The zero-order valence-corrected chi connectivity index (χ0v) is 9.62. The van der Waals surface area contributed by atoms with E-state index < -0.39 is 0 Å². The molecule has 0 amide bonds. The molecule has 0 radical (unpaired) electrons. The molecular weight excluding hydrogens is 224 g/mol. The number of alkyl halides is 1. The SMILES string of the molecule is COc1ccc(C(=O)CCl)c2ccccc12. The number of ether oxygens (including phenoxy) is 1. The fraction of sp³-hybridized carbons (Fsp3) is 0.154. The predicted molar refractivity (Wildman–Crippen MR) is 65.6 cm³/mol. The minimum Gasteiger partial charge on any atom is -0.496 e. The van der Waals surface area contributed by atoms with Crippen LogP contribution in [0.15, 0.2) is 36.4 Å². The van der Waals surface area contributed by atoms with Crippen LogP contribution in [0.2, 0.25) is 0 Å². The maximum absolute atomic E-state index is 11.7. The van der Waals surface area contributed by atoms with Gasteiger partial charge in [-0.25, -0.2) is 0 Å². The van der Waals surface area contributed by atoms with Gasteiger partial charge in [0.2, 0.25) is 0 Å². The van der Waals surface area contributed by atoms with Gasteiger partial charge in [0.05, 0.1) is 13.0 Å². The summed E-state index contributed by atoms with van der Waals surface area (Å²) in [6, 6.07) is 11.2. The smallest absolute Gasteiger partial charge is 0.178 e. The largest absolute Gasteiger partial charge is 0.496 e. The second-order valence-corrected chi connectivity index (χ2v) is 3.69. The monoisotopic (exact) mass is 234 g/mol. The van der Waals surface area contributed by atoms with Crippen molar-refractivity contribution in [2.24, 2.45) is 0 Å². The van der Waals surface area contributed by atoms with E-state index in [0.29, 0.717) is 5.56 Å². The van der Waals surface area contributed by atoms with Crippen molar-refractivity contribution >= 4 is 28.2 Å². The molecule has 0 atom stereocenters. The van der Waals surface area contributed by atoms with Gasteiger partial charge in [-0.05, 0) is 17.5 Å². The van der Waals surface area contributed by atoms with Crippen LogP contribution in [0, 0.1) is 0 Å². The third-order valence-electron chi connectivity index (χ3n) is 2.53. The Balaban J connectivity index is 2.74. The molecule has 0 saturated heterocycles. The minimum atomic E-state index is -0.0690. The Morgan fingerprint density at radius 2 is 1.88 bits per heavy atom. The Morgan fingerprint density at radius 1 is 1.19 bits per heavy atom. The summed E-state index contributed by atoms with van der Waals surface area (Å²) in [6.07, 6.45) is 0. The van der Waals surface area contributed by atoms with Gasteiger partial charge in [-0.15, -0.1) is 11.6 Å². The lowest BCUT2D eigenvalue weighted by Crippen LogP contribution is -2.01. The summed E-state index contributed by atoms with van der Waals surface area (Å²) in [5.41, 5.74) is 0.645. The number of rotatable bonds is 3. The lowest BCUT2D eigenvalue weighted by atomic mass is 10.0. The Kier molecular flexibility index (Phi) is 3.11. The topological polar surface area (TPSA) is 26.3 Å². The third kappa shape index (κ3) is 1.76. The highest BCUT2D eigenvalue weighted by Crippen LogP contribution is 2.28. The van der Waals surface area contributed by atoms with Crippen molar-refractivity contribution in [1.29, 1.82) is 0 Å². The average molecular weight is 235 g/mol. The molecule has 0 bridgehead atoms. The van der Waals surface area contributed by atoms with Gasteiger partial charge in [0.1, 0.15) is 5.75 Å². The highest BCUT2D eigenvalue weighted by Gasteiger charge is 2.11. The summed E-state index contributed by atoms with van der Waals surface area (Å²) in [5.74, 6) is 0.693. The van der Waals surface area contributed by atoms with Crippen molar-refractivity contribution in [3.8, 4) is 5.75 Å². The van der Waals surface area contributed by atoms with Crippen molar-refractivity contribution in [1.82, 2.24) is 0 Å². The number of benzene rings is 2. The summed E-state index contributed by atoms with van der Waals surface area (Å²) in [5, 5.41) is 1.81.